The zero-order valence-electron chi connectivity index (χ0n) is 9.69. The van der Waals surface area contributed by atoms with E-state index >= 15 is 0 Å². The second kappa shape index (κ2) is 6.85. The lowest BCUT2D eigenvalue weighted by Gasteiger charge is -2.16. The summed E-state index contributed by atoms with van der Waals surface area (Å²) in [7, 11) is 1.64. The average molecular weight is 222 g/mol. The largest absolute Gasteiger partial charge is 0.375 e. The second-order valence-electron chi connectivity index (χ2n) is 3.38. The number of ether oxygens (including phenoxy) is 1. The van der Waals surface area contributed by atoms with Crippen LogP contribution in [-0.4, -0.2) is 26.2 Å². The van der Waals surface area contributed by atoms with Crippen LogP contribution in [0.3, 0.4) is 0 Å². The molecule has 0 spiro atoms. The van der Waals surface area contributed by atoms with Crippen molar-refractivity contribution in [2.24, 2.45) is 0 Å². The maximum absolute atomic E-state index is 11.2. The maximum atomic E-state index is 11.2. The number of urea groups is 1. The summed E-state index contributed by atoms with van der Waals surface area (Å²) in [6.45, 7) is 2.96. The van der Waals surface area contributed by atoms with E-state index in [0.29, 0.717) is 13.1 Å². The molecule has 0 aliphatic heterocycles. The summed E-state index contributed by atoms with van der Waals surface area (Å²) in [5.74, 6) is 0. The highest BCUT2D eigenvalue weighted by Crippen LogP contribution is 2.14. The van der Waals surface area contributed by atoms with Crippen LogP contribution in [0.15, 0.2) is 30.3 Å². The van der Waals surface area contributed by atoms with Crippen LogP contribution in [-0.2, 0) is 4.74 Å². The van der Waals surface area contributed by atoms with Gasteiger partial charge in [-0.1, -0.05) is 30.3 Å². The Morgan fingerprint density at radius 2 is 2.00 bits per heavy atom. The molecule has 2 amide bonds. The van der Waals surface area contributed by atoms with Crippen molar-refractivity contribution in [3.63, 3.8) is 0 Å². The predicted octanol–water partition coefficient (Wildman–Crippen LogP) is 1.69. The highest BCUT2D eigenvalue weighted by Gasteiger charge is 2.10. The Morgan fingerprint density at radius 1 is 1.31 bits per heavy atom. The number of nitrogens with one attached hydrogen (secondary N) is 2. The molecule has 2 N–H and O–H groups in total. The number of carbonyl (C=O) groups is 1. The smallest absolute Gasteiger partial charge is 0.314 e. The van der Waals surface area contributed by atoms with Crippen LogP contribution in [0.1, 0.15) is 18.6 Å². The number of rotatable bonds is 5. The summed E-state index contributed by atoms with van der Waals surface area (Å²) in [5.41, 5.74) is 1.06. The number of methoxy groups -OCH3 is 1. The maximum Gasteiger partial charge on any atom is 0.314 e. The number of hydrogen-bond acceptors (Lipinski definition) is 2. The van der Waals surface area contributed by atoms with E-state index in [1.807, 2.05) is 37.3 Å². The van der Waals surface area contributed by atoms with Gasteiger partial charge >= 0.3 is 6.03 Å². The van der Waals surface area contributed by atoms with Crippen LogP contribution in [0.4, 0.5) is 4.79 Å². The van der Waals surface area contributed by atoms with Crippen molar-refractivity contribution in [3.8, 4) is 0 Å². The van der Waals surface area contributed by atoms with E-state index in [-0.39, 0.29) is 12.1 Å². The molecule has 0 aliphatic rings. The van der Waals surface area contributed by atoms with Crippen molar-refractivity contribution in [2.45, 2.75) is 13.0 Å². The van der Waals surface area contributed by atoms with Crippen LogP contribution >= 0.6 is 0 Å². The van der Waals surface area contributed by atoms with Gasteiger partial charge in [-0.15, -0.1) is 0 Å². The minimum Gasteiger partial charge on any atom is -0.375 e. The van der Waals surface area contributed by atoms with Gasteiger partial charge in [-0.25, -0.2) is 4.79 Å². The van der Waals surface area contributed by atoms with Crippen LogP contribution in [0.2, 0.25) is 0 Å². The van der Waals surface area contributed by atoms with Crippen LogP contribution in [0.25, 0.3) is 0 Å². The Kier molecular flexibility index (Phi) is 5.36. The molecule has 0 saturated heterocycles. The van der Waals surface area contributed by atoms with Gasteiger partial charge in [0.15, 0.2) is 0 Å². The molecule has 0 aliphatic carbocycles. The van der Waals surface area contributed by atoms with Crippen molar-refractivity contribution < 1.29 is 9.53 Å². The number of benzene rings is 1. The van der Waals surface area contributed by atoms with E-state index in [1.54, 1.807) is 7.11 Å². The summed E-state index contributed by atoms with van der Waals surface area (Å²) < 4.78 is 5.32. The molecular formula is C12H18N2O2. The quantitative estimate of drug-likeness (QED) is 0.796. The van der Waals surface area contributed by atoms with Crippen molar-refractivity contribution in [3.05, 3.63) is 35.9 Å². The molecule has 1 unspecified atom stereocenters. The molecule has 0 aromatic heterocycles. The van der Waals surface area contributed by atoms with E-state index in [4.69, 9.17) is 4.74 Å². The fraction of sp³-hybridized carbons (Fsp3) is 0.417. The lowest BCUT2D eigenvalue weighted by atomic mass is 10.1. The average Bonchev–Trinajstić information content (AvgIpc) is 2.31. The number of carbonyl (C=O) groups excluding carboxylic acids is 1. The highest BCUT2D eigenvalue weighted by atomic mass is 16.5. The normalized spacial score (nSPS) is 11.9. The van der Waals surface area contributed by atoms with Gasteiger partial charge in [0, 0.05) is 20.2 Å². The monoisotopic (exact) mass is 222 g/mol. The summed E-state index contributed by atoms with van der Waals surface area (Å²) >= 11 is 0. The van der Waals surface area contributed by atoms with Crippen molar-refractivity contribution in [1.29, 1.82) is 0 Å². The molecule has 4 heteroatoms. The molecule has 1 rings (SSSR count). The Hall–Kier alpha value is -1.55. The van der Waals surface area contributed by atoms with Crippen molar-refractivity contribution >= 4 is 6.03 Å². The Morgan fingerprint density at radius 3 is 2.56 bits per heavy atom. The van der Waals surface area contributed by atoms with E-state index in [9.17, 15) is 4.79 Å². The van der Waals surface area contributed by atoms with Gasteiger partial charge in [0.1, 0.15) is 0 Å². The molecule has 0 bridgehead atoms. The fourth-order valence-corrected chi connectivity index (χ4v) is 1.41. The Labute approximate surface area is 96.0 Å². The predicted molar refractivity (Wildman–Crippen MR) is 63.3 cm³/mol. The standard InChI is InChI=1S/C12H18N2O2/c1-3-13-12(15)14-9-11(16-2)10-7-5-4-6-8-10/h4-8,11H,3,9H2,1-2H3,(H2,13,14,15). The molecule has 16 heavy (non-hydrogen) atoms. The molecule has 1 atom stereocenters. The first-order chi connectivity index (χ1) is 7.77. The van der Waals surface area contributed by atoms with Crippen LogP contribution in [0, 0.1) is 0 Å². The summed E-state index contributed by atoms with van der Waals surface area (Å²) in [4.78, 5) is 11.2. The third kappa shape index (κ3) is 3.90. The number of amides is 2. The topological polar surface area (TPSA) is 50.4 Å². The van der Waals surface area contributed by atoms with Gasteiger partial charge in [-0.3, -0.25) is 0 Å². The van der Waals surface area contributed by atoms with Gasteiger partial charge in [0.05, 0.1) is 6.10 Å². The van der Waals surface area contributed by atoms with E-state index < -0.39 is 0 Å². The molecule has 0 fully saturated rings. The van der Waals surface area contributed by atoms with Crippen molar-refractivity contribution in [1.82, 2.24) is 10.6 Å². The van der Waals surface area contributed by atoms with Gasteiger partial charge in [0.25, 0.3) is 0 Å². The highest BCUT2D eigenvalue weighted by molar-refractivity contribution is 5.73. The van der Waals surface area contributed by atoms with E-state index in [0.717, 1.165) is 5.56 Å². The van der Waals surface area contributed by atoms with Gasteiger partial charge in [-0.2, -0.15) is 0 Å². The molecule has 4 nitrogen and oxygen atoms in total. The SMILES string of the molecule is CCNC(=O)NCC(OC)c1ccccc1. The minimum atomic E-state index is -0.166. The third-order valence-electron chi connectivity index (χ3n) is 2.24. The van der Waals surface area contributed by atoms with E-state index in [1.165, 1.54) is 0 Å². The zero-order valence-corrected chi connectivity index (χ0v) is 9.69. The Bertz CT molecular complexity index is 314. The van der Waals surface area contributed by atoms with Crippen molar-refractivity contribution in [2.75, 3.05) is 20.2 Å². The molecule has 0 saturated carbocycles. The summed E-state index contributed by atoms with van der Waals surface area (Å²) in [6, 6.07) is 9.65. The minimum absolute atomic E-state index is 0.108. The Balaban J connectivity index is 2.47. The van der Waals surface area contributed by atoms with E-state index in [2.05, 4.69) is 10.6 Å². The molecular weight excluding hydrogens is 204 g/mol. The molecule has 0 radical (unpaired) electrons. The van der Waals surface area contributed by atoms with Gasteiger partial charge in [0.2, 0.25) is 0 Å². The third-order valence-corrected chi connectivity index (χ3v) is 2.24. The first-order valence-electron chi connectivity index (χ1n) is 5.37. The zero-order chi connectivity index (χ0) is 11.8. The molecule has 1 aromatic carbocycles. The fourth-order valence-electron chi connectivity index (χ4n) is 1.41. The molecule has 0 heterocycles. The van der Waals surface area contributed by atoms with Gasteiger partial charge in [-0.05, 0) is 12.5 Å². The van der Waals surface area contributed by atoms with Gasteiger partial charge < -0.3 is 15.4 Å². The summed E-state index contributed by atoms with van der Waals surface area (Å²) in [6.07, 6.45) is -0.108. The first-order valence-corrected chi connectivity index (χ1v) is 5.37. The summed E-state index contributed by atoms with van der Waals surface area (Å²) in [5, 5.41) is 5.43. The first kappa shape index (κ1) is 12.5. The lowest BCUT2D eigenvalue weighted by molar-refractivity contribution is 0.104. The van der Waals surface area contributed by atoms with Crippen LogP contribution < -0.4 is 10.6 Å². The second-order valence-corrected chi connectivity index (χ2v) is 3.38. The van der Waals surface area contributed by atoms with Crippen LogP contribution in [0.5, 0.6) is 0 Å². The molecule has 1 aromatic rings. The number of hydrogen-bond donors (Lipinski definition) is 2. The lowest BCUT2D eigenvalue weighted by Crippen LogP contribution is -2.37. The molecule has 88 valence electrons.